The number of hydrogen-bond acceptors (Lipinski definition) is 5. The Balaban J connectivity index is 1.42. The molecule has 3 rings (SSSR count). The number of nitrogens with zero attached hydrogens (tertiary/aromatic N) is 1. The Morgan fingerprint density at radius 1 is 1.00 bits per heavy atom. The van der Waals surface area contributed by atoms with Gasteiger partial charge in [0.2, 0.25) is 5.91 Å². The molecule has 1 aromatic heterocycles. The van der Waals surface area contributed by atoms with Gasteiger partial charge in [0.25, 0.3) is 0 Å². The first-order valence-electron chi connectivity index (χ1n) is 9.76. The highest BCUT2D eigenvalue weighted by Crippen LogP contribution is 2.19. The highest BCUT2D eigenvalue weighted by molar-refractivity contribution is 5.77. The largest absolute Gasteiger partial charge is 0.497 e. The van der Waals surface area contributed by atoms with Crippen molar-refractivity contribution in [2.45, 2.75) is 26.2 Å². The van der Waals surface area contributed by atoms with Crippen LogP contribution >= 0.6 is 0 Å². The smallest absolute Gasteiger partial charge is 0.246 e. The Morgan fingerprint density at radius 2 is 1.80 bits per heavy atom. The molecule has 0 aliphatic carbocycles. The van der Waals surface area contributed by atoms with Gasteiger partial charge in [0.05, 0.1) is 19.8 Å². The summed E-state index contributed by atoms with van der Waals surface area (Å²) in [5, 5.41) is 2.94. The first-order chi connectivity index (χ1) is 14.6. The first kappa shape index (κ1) is 21.3. The van der Waals surface area contributed by atoms with Crippen LogP contribution in [-0.4, -0.2) is 24.6 Å². The molecule has 0 spiro atoms. The van der Waals surface area contributed by atoms with Crippen molar-refractivity contribution in [3.63, 3.8) is 0 Å². The highest BCUT2D eigenvalue weighted by Gasteiger charge is 2.10. The Labute approximate surface area is 176 Å². The van der Waals surface area contributed by atoms with Crippen LogP contribution in [-0.2, 0) is 22.7 Å². The van der Waals surface area contributed by atoms with Crippen LogP contribution in [0, 0.1) is 0 Å². The number of carbonyl (C=O) groups is 1. The Morgan fingerprint density at radius 3 is 2.53 bits per heavy atom. The zero-order chi connectivity index (χ0) is 21.2. The molecule has 1 heterocycles. The molecular weight excluding hydrogens is 380 g/mol. The zero-order valence-electron chi connectivity index (χ0n) is 17.2. The number of carbonyl (C=O) groups excluding carboxylic acids is 1. The molecule has 0 bridgehead atoms. The molecule has 2 aromatic carbocycles. The lowest BCUT2D eigenvalue weighted by Gasteiger charge is -2.15. The van der Waals surface area contributed by atoms with E-state index in [4.69, 9.17) is 14.2 Å². The number of rotatable bonds is 10. The van der Waals surface area contributed by atoms with E-state index < -0.39 is 0 Å². The lowest BCUT2D eigenvalue weighted by Crippen LogP contribution is -2.30. The van der Waals surface area contributed by atoms with Gasteiger partial charge >= 0.3 is 0 Å². The molecule has 3 aromatic rings. The van der Waals surface area contributed by atoms with Gasteiger partial charge in [-0.05, 0) is 48.4 Å². The van der Waals surface area contributed by atoms with E-state index in [-0.39, 0.29) is 18.6 Å². The molecule has 0 radical (unpaired) electrons. The van der Waals surface area contributed by atoms with E-state index in [1.807, 2.05) is 67.6 Å². The van der Waals surface area contributed by atoms with Crippen molar-refractivity contribution in [3.8, 4) is 11.5 Å². The van der Waals surface area contributed by atoms with Crippen molar-refractivity contribution in [1.29, 1.82) is 0 Å². The van der Waals surface area contributed by atoms with Crippen LogP contribution in [0.1, 0.15) is 29.7 Å². The molecule has 0 aliphatic heterocycles. The molecule has 0 saturated carbocycles. The maximum atomic E-state index is 12.2. The molecular formula is C24H26N2O4. The number of aromatic nitrogens is 1. The van der Waals surface area contributed by atoms with E-state index in [2.05, 4.69) is 10.3 Å². The molecule has 0 saturated heterocycles. The summed E-state index contributed by atoms with van der Waals surface area (Å²) in [6.45, 7) is 2.74. The number of nitrogens with one attached hydrogen (secondary N) is 1. The third-order valence-corrected chi connectivity index (χ3v) is 4.52. The fourth-order valence-electron chi connectivity index (χ4n) is 2.89. The number of hydrogen-bond donors (Lipinski definition) is 1. The Bertz CT molecular complexity index is 929. The first-order valence-corrected chi connectivity index (χ1v) is 9.76. The lowest BCUT2D eigenvalue weighted by molar-refractivity contribution is -0.126. The van der Waals surface area contributed by atoms with E-state index in [1.165, 1.54) is 0 Å². The summed E-state index contributed by atoms with van der Waals surface area (Å²) in [5.74, 6) is 1.37. The summed E-state index contributed by atoms with van der Waals surface area (Å²) in [6, 6.07) is 19.0. The third kappa shape index (κ3) is 6.60. The van der Waals surface area contributed by atoms with Gasteiger partial charge in [-0.2, -0.15) is 0 Å². The molecule has 1 unspecified atom stereocenters. The normalized spacial score (nSPS) is 11.5. The fourth-order valence-corrected chi connectivity index (χ4v) is 2.89. The minimum Gasteiger partial charge on any atom is -0.497 e. The van der Waals surface area contributed by atoms with Crippen LogP contribution in [0.4, 0.5) is 0 Å². The molecule has 1 amide bonds. The third-order valence-electron chi connectivity index (χ3n) is 4.52. The number of benzene rings is 2. The average molecular weight is 406 g/mol. The van der Waals surface area contributed by atoms with Crippen LogP contribution in [0.3, 0.4) is 0 Å². The van der Waals surface area contributed by atoms with Gasteiger partial charge in [-0.1, -0.05) is 30.3 Å². The summed E-state index contributed by atoms with van der Waals surface area (Å²) in [4.78, 5) is 16.2. The van der Waals surface area contributed by atoms with Crippen molar-refractivity contribution >= 4 is 5.91 Å². The summed E-state index contributed by atoms with van der Waals surface area (Å²) in [5.41, 5.74) is 2.96. The van der Waals surface area contributed by atoms with Gasteiger partial charge in [-0.3, -0.25) is 9.78 Å². The quantitative estimate of drug-likeness (QED) is 0.550. The predicted molar refractivity (Wildman–Crippen MR) is 114 cm³/mol. The minimum atomic E-state index is -0.165. The SMILES string of the molecule is COc1cccc(COCC(=O)NC(C)c2ccc(OCc3cccnc3)cc2)c1. The maximum Gasteiger partial charge on any atom is 0.246 e. The summed E-state index contributed by atoms with van der Waals surface area (Å²) in [6.07, 6.45) is 3.51. The van der Waals surface area contributed by atoms with Gasteiger partial charge in [-0.25, -0.2) is 0 Å². The van der Waals surface area contributed by atoms with Crippen LogP contribution in [0.15, 0.2) is 73.1 Å². The molecule has 0 fully saturated rings. The molecule has 1 atom stereocenters. The van der Waals surface area contributed by atoms with E-state index >= 15 is 0 Å². The summed E-state index contributed by atoms with van der Waals surface area (Å²) >= 11 is 0. The van der Waals surface area contributed by atoms with Crippen molar-refractivity contribution in [3.05, 3.63) is 89.7 Å². The molecule has 0 aliphatic rings. The molecule has 30 heavy (non-hydrogen) atoms. The average Bonchev–Trinajstić information content (AvgIpc) is 2.79. The second kappa shape index (κ2) is 11.0. The van der Waals surface area contributed by atoms with Crippen LogP contribution in [0.5, 0.6) is 11.5 Å². The van der Waals surface area contributed by atoms with Crippen LogP contribution in [0.25, 0.3) is 0 Å². The van der Waals surface area contributed by atoms with Gasteiger partial charge < -0.3 is 19.5 Å². The van der Waals surface area contributed by atoms with E-state index in [9.17, 15) is 4.79 Å². The van der Waals surface area contributed by atoms with Gasteiger partial charge in [-0.15, -0.1) is 0 Å². The molecule has 156 valence electrons. The van der Waals surface area contributed by atoms with Crippen LogP contribution < -0.4 is 14.8 Å². The minimum absolute atomic E-state index is 0.00610. The maximum absolute atomic E-state index is 12.2. The number of pyridine rings is 1. The standard InChI is InChI=1S/C24H26N2O4/c1-18(26-24(27)17-29-15-19-5-3-7-23(13-19)28-2)21-8-10-22(11-9-21)30-16-20-6-4-12-25-14-20/h3-14,18H,15-17H2,1-2H3,(H,26,27). The van der Waals surface area contributed by atoms with Crippen molar-refractivity contribution < 1.29 is 19.0 Å². The predicted octanol–water partition coefficient (Wildman–Crippen LogP) is 4.06. The summed E-state index contributed by atoms with van der Waals surface area (Å²) in [7, 11) is 1.62. The van der Waals surface area contributed by atoms with Gasteiger partial charge in [0.15, 0.2) is 0 Å². The van der Waals surface area contributed by atoms with E-state index in [1.54, 1.807) is 19.5 Å². The lowest BCUT2D eigenvalue weighted by atomic mass is 10.1. The Hall–Kier alpha value is -3.38. The number of ether oxygens (including phenoxy) is 3. The Kier molecular flexibility index (Phi) is 7.80. The summed E-state index contributed by atoms with van der Waals surface area (Å²) < 4.78 is 16.5. The van der Waals surface area contributed by atoms with Crippen molar-refractivity contribution in [1.82, 2.24) is 10.3 Å². The zero-order valence-corrected chi connectivity index (χ0v) is 17.2. The highest BCUT2D eigenvalue weighted by atomic mass is 16.5. The van der Waals surface area contributed by atoms with Gasteiger partial charge in [0, 0.05) is 18.0 Å². The molecule has 1 N–H and O–H groups in total. The molecule has 6 heteroatoms. The number of amides is 1. The molecule has 6 nitrogen and oxygen atoms in total. The van der Waals surface area contributed by atoms with Crippen molar-refractivity contribution in [2.24, 2.45) is 0 Å². The topological polar surface area (TPSA) is 69.7 Å². The van der Waals surface area contributed by atoms with Gasteiger partial charge in [0.1, 0.15) is 24.7 Å². The van der Waals surface area contributed by atoms with E-state index in [0.717, 1.165) is 28.2 Å². The second-order valence-electron chi connectivity index (χ2n) is 6.85. The second-order valence-corrected chi connectivity index (χ2v) is 6.85. The van der Waals surface area contributed by atoms with Crippen molar-refractivity contribution in [2.75, 3.05) is 13.7 Å². The van der Waals surface area contributed by atoms with Crippen LogP contribution in [0.2, 0.25) is 0 Å². The fraction of sp³-hybridized carbons (Fsp3) is 0.250. The van der Waals surface area contributed by atoms with E-state index in [0.29, 0.717) is 13.2 Å². The number of methoxy groups -OCH3 is 1. The monoisotopic (exact) mass is 406 g/mol.